The van der Waals surface area contributed by atoms with Crippen LogP contribution in [0.5, 0.6) is 0 Å². The lowest BCUT2D eigenvalue weighted by atomic mass is 9.86. The predicted molar refractivity (Wildman–Crippen MR) is 86.9 cm³/mol. The molecule has 0 bridgehead atoms. The van der Waals surface area contributed by atoms with Gasteiger partial charge in [-0.3, -0.25) is 9.59 Å². The van der Waals surface area contributed by atoms with Crippen LogP contribution in [0.1, 0.15) is 42.5 Å². The molecule has 0 aromatic carbocycles. The lowest BCUT2D eigenvalue weighted by Gasteiger charge is -2.34. The van der Waals surface area contributed by atoms with E-state index in [4.69, 9.17) is 5.11 Å². The number of rotatable bonds is 6. The van der Waals surface area contributed by atoms with Crippen molar-refractivity contribution in [3.63, 3.8) is 0 Å². The van der Waals surface area contributed by atoms with Crippen molar-refractivity contribution in [2.45, 2.75) is 38.1 Å². The molecule has 0 spiro atoms. The number of carbonyl (C=O) groups is 2. The van der Waals surface area contributed by atoms with E-state index in [1.54, 1.807) is 11.4 Å². The monoisotopic (exact) mass is 324 g/mol. The maximum atomic E-state index is 12.2. The molecule has 1 aromatic rings. The van der Waals surface area contributed by atoms with Crippen LogP contribution in [0.15, 0.2) is 16.8 Å². The highest BCUT2D eigenvalue weighted by Gasteiger charge is 2.25. The second-order valence-electron chi connectivity index (χ2n) is 5.88. The molecular formula is C16H24N2O3S. The minimum absolute atomic E-state index is 0.0677. The molecule has 122 valence electrons. The topological polar surface area (TPSA) is 69.6 Å². The summed E-state index contributed by atoms with van der Waals surface area (Å²) in [4.78, 5) is 25.8. The van der Waals surface area contributed by atoms with Crippen molar-refractivity contribution in [2.75, 3.05) is 20.2 Å². The van der Waals surface area contributed by atoms with E-state index in [-0.39, 0.29) is 24.5 Å². The molecule has 2 rings (SSSR count). The van der Waals surface area contributed by atoms with E-state index < -0.39 is 0 Å². The van der Waals surface area contributed by atoms with Gasteiger partial charge in [-0.2, -0.15) is 11.3 Å². The number of amides is 2. The lowest BCUT2D eigenvalue weighted by Crippen LogP contribution is -2.41. The largest absolute Gasteiger partial charge is 0.396 e. The molecule has 0 atom stereocenters. The summed E-state index contributed by atoms with van der Waals surface area (Å²) in [5, 5.41) is 15.6. The molecule has 1 saturated carbocycles. The summed E-state index contributed by atoms with van der Waals surface area (Å²) < 4.78 is 0. The molecule has 2 amide bonds. The number of carbonyl (C=O) groups excluding carboxylic acids is 2. The minimum Gasteiger partial charge on any atom is -0.396 e. The van der Waals surface area contributed by atoms with Gasteiger partial charge in [-0.25, -0.2) is 0 Å². The van der Waals surface area contributed by atoms with Crippen LogP contribution in [0, 0.1) is 5.92 Å². The van der Waals surface area contributed by atoms with Crippen LogP contribution in [0.4, 0.5) is 0 Å². The van der Waals surface area contributed by atoms with Crippen molar-refractivity contribution >= 4 is 23.2 Å². The first-order chi connectivity index (χ1) is 10.6. The fourth-order valence-electron chi connectivity index (χ4n) is 2.87. The number of nitrogens with one attached hydrogen (secondary N) is 1. The number of hydrogen-bond donors (Lipinski definition) is 2. The Balaban J connectivity index is 1.69. The van der Waals surface area contributed by atoms with Gasteiger partial charge >= 0.3 is 0 Å². The average molecular weight is 324 g/mol. The van der Waals surface area contributed by atoms with Gasteiger partial charge in [0.1, 0.15) is 0 Å². The number of thiophene rings is 1. The Kier molecular flexibility index (Phi) is 6.39. The Labute approximate surface area is 135 Å². The van der Waals surface area contributed by atoms with Crippen molar-refractivity contribution in [2.24, 2.45) is 5.92 Å². The van der Waals surface area contributed by atoms with Gasteiger partial charge in [-0.05, 0) is 43.0 Å². The molecule has 6 heteroatoms. The minimum atomic E-state index is -0.125. The van der Waals surface area contributed by atoms with E-state index >= 15 is 0 Å². The number of aliphatic hydroxyl groups is 1. The maximum absolute atomic E-state index is 12.2. The molecule has 1 fully saturated rings. The van der Waals surface area contributed by atoms with Crippen LogP contribution in [0.25, 0.3) is 0 Å². The first-order valence-electron chi connectivity index (χ1n) is 7.78. The Morgan fingerprint density at radius 2 is 2.09 bits per heavy atom. The summed E-state index contributed by atoms with van der Waals surface area (Å²) in [5.74, 6) is 0.336. The number of hydrogen-bond acceptors (Lipinski definition) is 4. The average Bonchev–Trinajstić information content (AvgIpc) is 3.08. The zero-order chi connectivity index (χ0) is 15.9. The molecule has 0 unspecified atom stereocenters. The molecule has 1 aliphatic rings. The third-order valence-corrected chi connectivity index (χ3v) is 5.11. The van der Waals surface area contributed by atoms with E-state index in [2.05, 4.69) is 5.32 Å². The van der Waals surface area contributed by atoms with Gasteiger partial charge in [0.05, 0.1) is 0 Å². The summed E-state index contributed by atoms with van der Waals surface area (Å²) in [6.07, 6.45) is 4.19. The third kappa shape index (κ3) is 4.55. The Morgan fingerprint density at radius 3 is 2.68 bits per heavy atom. The van der Waals surface area contributed by atoms with Gasteiger partial charge < -0.3 is 15.3 Å². The maximum Gasteiger partial charge on any atom is 0.252 e. The normalized spacial score (nSPS) is 21.4. The molecule has 1 aliphatic carbocycles. The van der Waals surface area contributed by atoms with Crippen molar-refractivity contribution in [1.29, 1.82) is 0 Å². The molecule has 22 heavy (non-hydrogen) atoms. The van der Waals surface area contributed by atoms with E-state index in [1.165, 1.54) is 11.3 Å². The fraction of sp³-hybridized carbons (Fsp3) is 0.625. The Hall–Kier alpha value is -1.40. The van der Waals surface area contributed by atoms with Crippen molar-refractivity contribution in [3.05, 3.63) is 22.4 Å². The quantitative estimate of drug-likeness (QED) is 0.839. The summed E-state index contributed by atoms with van der Waals surface area (Å²) in [5.41, 5.74) is 0.646. The van der Waals surface area contributed by atoms with E-state index in [0.29, 0.717) is 24.4 Å². The van der Waals surface area contributed by atoms with Gasteiger partial charge in [-0.15, -0.1) is 0 Å². The van der Waals surface area contributed by atoms with Crippen LogP contribution in [0.2, 0.25) is 0 Å². The second kappa shape index (κ2) is 8.29. The third-order valence-electron chi connectivity index (χ3n) is 4.42. The van der Waals surface area contributed by atoms with Crippen LogP contribution in [-0.2, 0) is 4.79 Å². The smallest absolute Gasteiger partial charge is 0.252 e. The van der Waals surface area contributed by atoms with Crippen molar-refractivity contribution in [1.82, 2.24) is 10.2 Å². The molecule has 1 aromatic heterocycles. The highest BCUT2D eigenvalue weighted by Crippen LogP contribution is 2.26. The molecule has 0 saturated heterocycles. The summed E-state index contributed by atoms with van der Waals surface area (Å²) >= 11 is 1.48. The second-order valence-corrected chi connectivity index (χ2v) is 6.66. The summed E-state index contributed by atoms with van der Waals surface area (Å²) in [7, 11) is 1.84. The van der Waals surface area contributed by atoms with Crippen LogP contribution < -0.4 is 5.32 Å². The van der Waals surface area contributed by atoms with Gasteiger partial charge in [0.25, 0.3) is 5.91 Å². The van der Waals surface area contributed by atoms with Gasteiger partial charge in [0.2, 0.25) is 5.91 Å². The molecular weight excluding hydrogens is 300 g/mol. The molecule has 0 aliphatic heterocycles. The SMILES string of the molecule is CN(C(=O)CCNC(=O)c1ccsc1)C1CCC(CO)CC1. The standard InChI is InChI=1S/C16H24N2O3S/c1-18(14-4-2-12(10-19)3-5-14)15(20)6-8-17-16(21)13-7-9-22-11-13/h7,9,11-12,14,19H,2-6,8,10H2,1H3,(H,17,21). The van der Waals surface area contributed by atoms with Gasteiger partial charge in [0.15, 0.2) is 0 Å². The van der Waals surface area contributed by atoms with E-state index in [9.17, 15) is 9.59 Å². The zero-order valence-corrected chi connectivity index (χ0v) is 13.8. The van der Waals surface area contributed by atoms with Crippen molar-refractivity contribution < 1.29 is 14.7 Å². The van der Waals surface area contributed by atoms with Crippen LogP contribution in [-0.4, -0.2) is 48.1 Å². The zero-order valence-electron chi connectivity index (χ0n) is 13.0. The summed E-state index contributed by atoms with van der Waals surface area (Å²) in [6.45, 7) is 0.614. The number of nitrogens with zero attached hydrogens (tertiary/aromatic N) is 1. The van der Waals surface area contributed by atoms with E-state index in [1.807, 2.05) is 17.3 Å². The van der Waals surface area contributed by atoms with Crippen molar-refractivity contribution in [3.8, 4) is 0 Å². The van der Waals surface area contributed by atoms with E-state index in [0.717, 1.165) is 25.7 Å². The van der Waals surface area contributed by atoms with Gasteiger partial charge in [-0.1, -0.05) is 0 Å². The molecule has 5 nitrogen and oxygen atoms in total. The van der Waals surface area contributed by atoms with Gasteiger partial charge in [0, 0.05) is 43.6 Å². The molecule has 1 heterocycles. The number of aliphatic hydroxyl groups excluding tert-OH is 1. The Morgan fingerprint density at radius 1 is 1.36 bits per heavy atom. The van der Waals surface area contributed by atoms with Crippen LogP contribution in [0.3, 0.4) is 0 Å². The lowest BCUT2D eigenvalue weighted by molar-refractivity contribution is -0.132. The van der Waals surface area contributed by atoms with Crippen LogP contribution >= 0.6 is 11.3 Å². The first kappa shape index (κ1) is 17.0. The first-order valence-corrected chi connectivity index (χ1v) is 8.73. The Bertz CT molecular complexity index is 482. The molecule has 2 N–H and O–H groups in total. The highest BCUT2D eigenvalue weighted by molar-refractivity contribution is 7.08. The predicted octanol–water partition coefficient (Wildman–Crippen LogP) is 1.88. The summed E-state index contributed by atoms with van der Waals surface area (Å²) in [6, 6.07) is 2.04. The fourth-order valence-corrected chi connectivity index (χ4v) is 3.51. The highest BCUT2D eigenvalue weighted by atomic mass is 32.1. The molecule has 0 radical (unpaired) electrons.